The highest BCUT2D eigenvalue weighted by molar-refractivity contribution is 6.05. The molecule has 0 heteroatoms. The highest BCUT2D eigenvalue weighted by atomic mass is 14.2. The Bertz CT molecular complexity index is 1070. The summed E-state index contributed by atoms with van der Waals surface area (Å²) in [6.07, 6.45) is 4.49. The monoisotopic (exact) mass is 334 g/mol. The highest BCUT2D eigenvalue weighted by Gasteiger charge is 2.13. The van der Waals surface area contributed by atoms with Gasteiger partial charge in [0.15, 0.2) is 0 Å². The molecule has 0 amide bonds. The molecule has 4 rings (SSSR count). The first-order valence-electron chi connectivity index (χ1n) is 9.13. The molecule has 0 spiro atoms. The lowest BCUT2D eigenvalue weighted by Gasteiger charge is -2.15. The smallest absolute Gasteiger partial charge is 0.00298 e. The van der Waals surface area contributed by atoms with Gasteiger partial charge in [0, 0.05) is 0 Å². The van der Waals surface area contributed by atoms with Crippen LogP contribution in [-0.2, 0) is 0 Å². The molecule has 4 aromatic rings. The van der Waals surface area contributed by atoms with Crippen molar-refractivity contribution in [3.63, 3.8) is 0 Å². The topological polar surface area (TPSA) is 0 Å². The van der Waals surface area contributed by atoms with Gasteiger partial charge in [0.1, 0.15) is 0 Å². The van der Waals surface area contributed by atoms with E-state index in [0.717, 1.165) is 0 Å². The van der Waals surface area contributed by atoms with Crippen molar-refractivity contribution in [1.82, 2.24) is 0 Å². The van der Waals surface area contributed by atoms with Gasteiger partial charge in [-0.3, -0.25) is 0 Å². The Hall–Kier alpha value is -3.12. The van der Waals surface area contributed by atoms with Crippen LogP contribution in [0.4, 0.5) is 0 Å². The maximum Gasteiger partial charge on any atom is -0.00298 e. The third-order valence-corrected chi connectivity index (χ3v) is 5.00. The molecule has 0 bridgehead atoms. The van der Waals surface area contributed by atoms with E-state index in [4.69, 9.17) is 0 Å². The Morgan fingerprint density at radius 2 is 0.808 bits per heavy atom. The lowest BCUT2D eigenvalue weighted by atomic mass is 9.88. The first-order valence-corrected chi connectivity index (χ1v) is 9.13. The Kier molecular flexibility index (Phi) is 4.41. The van der Waals surface area contributed by atoms with Gasteiger partial charge >= 0.3 is 0 Å². The number of hydrogen-bond donors (Lipinski definition) is 0. The summed E-state index contributed by atoms with van der Waals surface area (Å²) < 4.78 is 0. The first-order chi connectivity index (χ1) is 12.8. The maximum atomic E-state index is 2.25. The molecule has 0 aliphatic heterocycles. The lowest BCUT2D eigenvalue weighted by Crippen LogP contribution is -2.29. The highest BCUT2D eigenvalue weighted by Crippen LogP contribution is 2.30. The van der Waals surface area contributed by atoms with Gasteiger partial charge in [0.25, 0.3) is 0 Å². The van der Waals surface area contributed by atoms with Gasteiger partial charge < -0.3 is 0 Å². The molecule has 0 N–H and O–H groups in total. The van der Waals surface area contributed by atoms with Crippen LogP contribution in [-0.4, -0.2) is 0 Å². The third-order valence-electron chi connectivity index (χ3n) is 5.00. The van der Waals surface area contributed by atoms with Gasteiger partial charge in [-0.05, 0) is 57.3 Å². The summed E-state index contributed by atoms with van der Waals surface area (Å²) in [5.74, 6) is 0. The van der Waals surface area contributed by atoms with E-state index in [0.29, 0.717) is 0 Å². The van der Waals surface area contributed by atoms with Crippen LogP contribution in [0.25, 0.3) is 45.2 Å². The Balaban J connectivity index is 2.28. The Labute approximate surface area is 154 Å². The van der Waals surface area contributed by atoms with E-state index in [1.165, 1.54) is 43.5 Å². The van der Waals surface area contributed by atoms with E-state index in [1.807, 2.05) is 0 Å². The molecule has 4 aromatic carbocycles. The predicted molar refractivity (Wildman–Crippen MR) is 114 cm³/mol. The summed E-state index contributed by atoms with van der Waals surface area (Å²) >= 11 is 0. The van der Waals surface area contributed by atoms with E-state index in [1.54, 1.807) is 0 Å². The molecule has 0 saturated carbocycles. The molecular weight excluding hydrogens is 312 g/mol. The Morgan fingerprint density at radius 1 is 0.462 bits per heavy atom. The molecule has 26 heavy (non-hydrogen) atoms. The fourth-order valence-electron chi connectivity index (χ4n) is 3.91. The van der Waals surface area contributed by atoms with Gasteiger partial charge in [-0.1, -0.05) is 97.1 Å². The van der Waals surface area contributed by atoms with Crippen LogP contribution in [0, 0.1) is 0 Å². The minimum Gasteiger partial charge on any atom is -0.0791 e. The van der Waals surface area contributed by atoms with Crippen molar-refractivity contribution in [2.45, 2.75) is 13.8 Å². The molecule has 0 fully saturated rings. The number of hydrogen-bond acceptors (Lipinski definition) is 0. The molecule has 0 aliphatic carbocycles. The van der Waals surface area contributed by atoms with Crippen LogP contribution in [0.2, 0.25) is 0 Å². The van der Waals surface area contributed by atoms with Crippen molar-refractivity contribution in [2.75, 3.05) is 0 Å². The largest absolute Gasteiger partial charge is 0.0791 e. The Morgan fingerprint density at radius 3 is 1.15 bits per heavy atom. The van der Waals surface area contributed by atoms with Crippen LogP contribution in [0.3, 0.4) is 0 Å². The number of fused-ring (bicyclic) bond motifs is 1. The number of rotatable bonds is 2. The molecule has 126 valence electrons. The summed E-state index contributed by atoms with van der Waals surface area (Å²) in [7, 11) is 0. The van der Waals surface area contributed by atoms with Gasteiger partial charge in [-0.2, -0.15) is 0 Å². The molecule has 0 radical (unpaired) electrons. The molecular formula is C26H22. The van der Waals surface area contributed by atoms with E-state index in [2.05, 4.69) is 111 Å². The van der Waals surface area contributed by atoms with E-state index < -0.39 is 0 Å². The van der Waals surface area contributed by atoms with E-state index >= 15 is 0 Å². The maximum absolute atomic E-state index is 2.25. The fraction of sp³-hybridized carbons (Fsp3) is 0.0769. The van der Waals surface area contributed by atoms with Gasteiger partial charge in [-0.25, -0.2) is 0 Å². The zero-order valence-electron chi connectivity index (χ0n) is 15.2. The minimum absolute atomic E-state index is 1.26. The average Bonchev–Trinajstić information content (AvgIpc) is 2.73. The van der Waals surface area contributed by atoms with Crippen molar-refractivity contribution >= 4 is 22.9 Å². The first kappa shape index (κ1) is 16.4. The van der Waals surface area contributed by atoms with Crippen LogP contribution in [0.1, 0.15) is 13.8 Å². The molecule has 0 aliphatic rings. The zero-order valence-corrected chi connectivity index (χ0v) is 15.2. The SMILES string of the molecule is C/C=c1/c(-c2ccccc2)c2ccccc2c(-c2ccccc2)/c1=C/C. The van der Waals surface area contributed by atoms with Crippen molar-refractivity contribution in [2.24, 2.45) is 0 Å². The summed E-state index contributed by atoms with van der Waals surface area (Å²) in [5, 5.41) is 5.21. The van der Waals surface area contributed by atoms with Gasteiger partial charge in [0.2, 0.25) is 0 Å². The van der Waals surface area contributed by atoms with Gasteiger partial charge in [0.05, 0.1) is 0 Å². The summed E-state index contributed by atoms with van der Waals surface area (Å²) in [6, 6.07) is 30.2. The zero-order chi connectivity index (χ0) is 17.9. The predicted octanol–water partition coefficient (Wildman–Crippen LogP) is 5.77. The molecule has 0 heterocycles. The molecule has 0 aromatic heterocycles. The van der Waals surface area contributed by atoms with Crippen molar-refractivity contribution < 1.29 is 0 Å². The van der Waals surface area contributed by atoms with Crippen LogP contribution >= 0.6 is 0 Å². The summed E-state index contributed by atoms with van der Waals surface area (Å²) in [6.45, 7) is 4.27. The lowest BCUT2D eigenvalue weighted by molar-refractivity contribution is 1.50. The van der Waals surface area contributed by atoms with Gasteiger partial charge in [-0.15, -0.1) is 0 Å². The van der Waals surface area contributed by atoms with Crippen LogP contribution < -0.4 is 10.4 Å². The fourth-order valence-corrected chi connectivity index (χ4v) is 3.91. The summed E-state index contributed by atoms with van der Waals surface area (Å²) in [5.41, 5.74) is 5.16. The normalized spacial score (nSPS) is 12.7. The van der Waals surface area contributed by atoms with Crippen molar-refractivity contribution in [1.29, 1.82) is 0 Å². The molecule has 0 unspecified atom stereocenters. The standard InChI is InChI=1S/C26H22/c1-3-21-22(4-2)26(20-15-9-6-10-16-20)24-18-12-11-17-23(24)25(21)19-13-7-5-8-14-19/h3-18H,1-2H3/b21-3+,22-4+. The molecule has 0 nitrogen and oxygen atoms in total. The van der Waals surface area contributed by atoms with Crippen LogP contribution in [0.15, 0.2) is 84.9 Å². The quantitative estimate of drug-likeness (QED) is 0.436. The van der Waals surface area contributed by atoms with Crippen LogP contribution in [0.5, 0.6) is 0 Å². The molecule has 0 saturated heterocycles. The second kappa shape index (κ2) is 7.01. The average molecular weight is 334 g/mol. The van der Waals surface area contributed by atoms with E-state index in [9.17, 15) is 0 Å². The second-order valence-corrected chi connectivity index (χ2v) is 6.43. The third kappa shape index (κ3) is 2.64. The summed E-state index contributed by atoms with van der Waals surface area (Å²) in [4.78, 5) is 0. The van der Waals surface area contributed by atoms with E-state index in [-0.39, 0.29) is 0 Å². The second-order valence-electron chi connectivity index (χ2n) is 6.43. The van der Waals surface area contributed by atoms with Crippen molar-refractivity contribution in [3.8, 4) is 22.3 Å². The van der Waals surface area contributed by atoms with Crippen molar-refractivity contribution in [3.05, 3.63) is 95.4 Å². The minimum atomic E-state index is 1.26. The molecule has 0 atom stereocenters. The number of benzene rings is 4.